The number of ether oxygens (including phenoxy) is 2. The van der Waals surface area contributed by atoms with Crippen LogP contribution < -0.4 is 4.74 Å². The van der Waals surface area contributed by atoms with Gasteiger partial charge in [0.05, 0.1) is 11.5 Å². The summed E-state index contributed by atoms with van der Waals surface area (Å²) in [7, 11) is 0. The van der Waals surface area contributed by atoms with E-state index in [4.69, 9.17) is 13.9 Å². The summed E-state index contributed by atoms with van der Waals surface area (Å²) in [6.07, 6.45) is 0.790. The van der Waals surface area contributed by atoms with Gasteiger partial charge in [0, 0.05) is 6.07 Å². The third-order valence-electron chi connectivity index (χ3n) is 2.48. The van der Waals surface area contributed by atoms with Crippen LogP contribution >= 0.6 is 0 Å². The smallest absolute Gasteiger partial charge is 0.400 e. The summed E-state index contributed by atoms with van der Waals surface area (Å²) in [6.45, 7) is 3.58. The van der Waals surface area contributed by atoms with Crippen LogP contribution in [-0.4, -0.2) is 22.5 Å². The maximum atomic E-state index is 11.4. The second-order valence-corrected chi connectivity index (χ2v) is 4.05. The molecular weight excluding hydrogens is 280 g/mol. The zero-order chi connectivity index (χ0) is 15.4. The van der Waals surface area contributed by atoms with Crippen LogP contribution in [-0.2, 0) is 4.74 Å². The summed E-state index contributed by atoms with van der Waals surface area (Å²) in [5.41, 5.74) is 0.432. The van der Waals surface area contributed by atoms with Crippen molar-refractivity contribution in [1.29, 1.82) is 0 Å². The van der Waals surface area contributed by atoms with Crippen LogP contribution in [0.1, 0.15) is 23.0 Å². The Labute approximate surface area is 119 Å². The van der Waals surface area contributed by atoms with E-state index in [9.17, 15) is 14.9 Å². The molecule has 1 aromatic carbocycles. The van der Waals surface area contributed by atoms with Gasteiger partial charge in [0.1, 0.15) is 6.26 Å². The van der Waals surface area contributed by atoms with Gasteiger partial charge < -0.3 is 13.9 Å². The summed E-state index contributed by atoms with van der Waals surface area (Å²) in [5, 5.41) is 11.0. The molecule has 0 N–H and O–H groups in total. The first kappa shape index (κ1) is 14.5. The van der Waals surface area contributed by atoms with Crippen LogP contribution in [0.3, 0.4) is 0 Å². The van der Waals surface area contributed by atoms with Crippen molar-refractivity contribution in [2.24, 2.45) is 0 Å². The quantitative estimate of drug-likeness (QED) is 0.474. The van der Waals surface area contributed by atoms with Gasteiger partial charge in [-0.3, -0.25) is 10.1 Å². The fraction of sp³-hybridized carbons (Fsp3) is 0.231. The zero-order valence-electron chi connectivity index (χ0n) is 11.4. The van der Waals surface area contributed by atoms with E-state index in [-0.39, 0.29) is 29.8 Å². The number of nitro groups is 1. The number of nitrogens with zero attached hydrogens (tertiary/aromatic N) is 2. The highest BCUT2D eigenvalue weighted by Crippen LogP contribution is 2.31. The van der Waals surface area contributed by atoms with Crippen molar-refractivity contribution in [2.75, 3.05) is 6.61 Å². The number of carbonyl (C=O) groups is 1. The fourth-order valence-corrected chi connectivity index (χ4v) is 1.55. The van der Waals surface area contributed by atoms with Gasteiger partial charge in [-0.1, -0.05) is 6.07 Å². The van der Waals surface area contributed by atoms with Gasteiger partial charge in [0.25, 0.3) is 0 Å². The number of aromatic nitrogens is 1. The van der Waals surface area contributed by atoms with Crippen LogP contribution in [0.5, 0.6) is 11.8 Å². The molecule has 2 rings (SSSR count). The normalized spacial score (nSPS) is 10.2. The van der Waals surface area contributed by atoms with Gasteiger partial charge in [0.2, 0.25) is 5.75 Å². The molecule has 0 aliphatic heterocycles. The largest absolute Gasteiger partial charge is 0.461 e. The third-order valence-corrected chi connectivity index (χ3v) is 2.48. The average Bonchev–Trinajstić information content (AvgIpc) is 2.89. The molecule has 0 aliphatic carbocycles. The maximum absolute atomic E-state index is 11.4. The lowest BCUT2D eigenvalue weighted by Gasteiger charge is -2.02. The highest BCUT2D eigenvalue weighted by atomic mass is 16.6. The van der Waals surface area contributed by atoms with Crippen LogP contribution in [0.2, 0.25) is 0 Å². The predicted molar refractivity (Wildman–Crippen MR) is 70.4 cm³/mol. The first-order valence-electron chi connectivity index (χ1n) is 6.06. The molecule has 0 saturated heterocycles. The lowest BCUT2D eigenvalue weighted by molar-refractivity contribution is -0.385. The van der Waals surface area contributed by atoms with E-state index in [0.717, 1.165) is 6.26 Å². The minimum atomic E-state index is -0.658. The molecule has 0 unspecified atom stereocenters. The lowest BCUT2D eigenvalue weighted by atomic mass is 10.2. The average molecular weight is 292 g/mol. The van der Waals surface area contributed by atoms with Crippen LogP contribution in [0, 0.1) is 17.0 Å². The van der Waals surface area contributed by atoms with E-state index >= 15 is 0 Å². The lowest BCUT2D eigenvalue weighted by Crippen LogP contribution is -2.04. The van der Waals surface area contributed by atoms with Crippen LogP contribution in [0.4, 0.5) is 5.69 Å². The monoisotopic (exact) mass is 292 g/mol. The Morgan fingerprint density at radius 2 is 2.24 bits per heavy atom. The third kappa shape index (κ3) is 3.35. The Morgan fingerprint density at radius 3 is 2.90 bits per heavy atom. The molecule has 1 heterocycles. The molecule has 21 heavy (non-hydrogen) atoms. The van der Waals surface area contributed by atoms with E-state index in [2.05, 4.69) is 4.98 Å². The molecule has 110 valence electrons. The Kier molecular flexibility index (Phi) is 4.17. The molecular formula is C13H12N2O6. The minimum Gasteiger partial charge on any atom is -0.461 e. The van der Waals surface area contributed by atoms with E-state index in [0.29, 0.717) is 5.56 Å². The molecule has 8 nitrogen and oxygen atoms in total. The highest BCUT2D eigenvalue weighted by Gasteiger charge is 2.20. The molecule has 1 aromatic heterocycles. The number of nitro benzene ring substituents is 1. The van der Waals surface area contributed by atoms with Crippen molar-refractivity contribution in [3.63, 3.8) is 0 Å². The Hall–Kier alpha value is -2.90. The van der Waals surface area contributed by atoms with E-state index in [1.165, 1.54) is 12.1 Å². The number of hydrogen-bond acceptors (Lipinski definition) is 7. The molecule has 0 atom stereocenters. The molecule has 0 radical (unpaired) electrons. The van der Waals surface area contributed by atoms with Crippen molar-refractivity contribution >= 4 is 11.7 Å². The van der Waals surface area contributed by atoms with Gasteiger partial charge in [-0.05, 0) is 25.5 Å². The molecule has 0 saturated carbocycles. The summed E-state index contributed by atoms with van der Waals surface area (Å²) < 4.78 is 14.9. The van der Waals surface area contributed by atoms with E-state index in [1.807, 2.05) is 0 Å². The predicted octanol–water partition coefficient (Wildman–Crippen LogP) is 2.86. The summed E-state index contributed by atoms with van der Waals surface area (Å²) in [4.78, 5) is 25.6. The first-order valence-corrected chi connectivity index (χ1v) is 6.06. The molecule has 0 fully saturated rings. The zero-order valence-corrected chi connectivity index (χ0v) is 11.4. The molecule has 0 aliphatic rings. The summed E-state index contributed by atoms with van der Waals surface area (Å²) in [5.74, 6) is -0.683. The van der Waals surface area contributed by atoms with Gasteiger partial charge in [-0.2, -0.15) is 4.98 Å². The standard InChI is InChI=1S/C13H12N2O6/c1-3-19-12(16)9-7-20-13(14-9)21-11-5-4-8(2)6-10(11)15(17)18/h4-7H,3H2,1-2H3. The molecule has 0 bridgehead atoms. The highest BCUT2D eigenvalue weighted by molar-refractivity contribution is 5.86. The first-order chi connectivity index (χ1) is 10.0. The number of benzene rings is 1. The van der Waals surface area contributed by atoms with Crippen molar-refractivity contribution in [3.05, 3.63) is 45.8 Å². The number of aryl methyl sites for hydroxylation is 1. The summed E-state index contributed by atoms with van der Waals surface area (Å²) >= 11 is 0. The Morgan fingerprint density at radius 1 is 1.48 bits per heavy atom. The molecule has 2 aromatic rings. The van der Waals surface area contributed by atoms with Gasteiger partial charge in [-0.25, -0.2) is 4.79 Å². The number of esters is 1. The van der Waals surface area contributed by atoms with Gasteiger partial charge >= 0.3 is 17.7 Å². The van der Waals surface area contributed by atoms with Crippen molar-refractivity contribution in [3.8, 4) is 11.8 Å². The number of carbonyl (C=O) groups excluding carboxylic acids is 1. The number of rotatable bonds is 5. The molecule has 8 heteroatoms. The second-order valence-electron chi connectivity index (χ2n) is 4.05. The SMILES string of the molecule is CCOC(=O)c1coc(Oc2ccc(C)cc2[N+](=O)[O-])n1. The van der Waals surface area contributed by atoms with E-state index in [1.54, 1.807) is 19.9 Å². The minimum absolute atomic E-state index is 0.0251. The molecule has 0 spiro atoms. The van der Waals surface area contributed by atoms with Crippen LogP contribution in [0.15, 0.2) is 28.9 Å². The topological polar surface area (TPSA) is 105 Å². The van der Waals surface area contributed by atoms with Crippen LogP contribution in [0.25, 0.3) is 0 Å². The van der Waals surface area contributed by atoms with Crippen molar-refractivity contribution in [1.82, 2.24) is 4.98 Å². The fourth-order valence-electron chi connectivity index (χ4n) is 1.55. The summed E-state index contributed by atoms with van der Waals surface area (Å²) in [6, 6.07) is 4.45. The maximum Gasteiger partial charge on any atom is 0.400 e. The van der Waals surface area contributed by atoms with Crippen molar-refractivity contribution < 1.29 is 23.6 Å². The van der Waals surface area contributed by atoms with Gasteiger partial charge in [-0.15, -0.1) is 0 Å². The molecule has 0 amide bonds. The Balaban J connectivity index is 2.23. The number of hydrogen-bond donors (Lipinski definition) is 0. The van der Waals surface area contributed by atoms with Gasteiger partial charge in [0.15, 0.2) is 5.69 Å². The van der Waals surface area contributed by atoms with Crippen molar-refractivity contribution in [2.45, 2.75) is 13.8 Å². The second kappa shape index (κ2) is 6.04. The number of oxazole rings is 1. The van der Waals surface area contributed by atoms with E-state index < -0.39 is 10.9 Å². The Bertz CT molecular complexity index is 679.